The van der Waals surface area contributed by atoms with E-state index >= 15 is 0 Å². The molecular weight excluding hydrogens is 1140 g/mol. The summed E-state index contributed by atoms with van der Waals surface area (Å²) < 4.78 is 124. The van der Waals surface area contributed by atoms with Crippen molar-refractivity contribution in [2.45, 2.75) is 83.1 Å². The van der Waals surface area contributed by atoms with Crippen molar-refractivity contribution in [3.8, 4) is 18.1 Å². The number of carbonyl (C=O) groups is 5. The number of aliphatic hydroxyl groups excluding tert-OH is 2. The largest absolute Gasteiger partial charge is 0.420 e. The van der Waals surface area contributed by atoms with Gasteiger partial charge in [-0.3, -0.25) is 23.4 Å². The zero-order valence-corrected chi connectivity index (χ0v) is 46.1. The van der Waals surface area contributed by atoms with Gasteiger partial charge >= 0.3 is 22.3 Å². The van der Waals surface area contributed by atoms with Gasteiger partial charge in [-0.15, -0.1) is 6.42 Å². The van der Waals surface area contributed by atoms with Crippen molar-refractivity contribution in [3.63, 3.8) is 0 Å². The molecule has 6 rings (SSSR count). The molecule has 5 aromatic rings. The Balaban J connectivity index is 1.01. The Labute approximate surface area is 477 Å². The van der Waals surface area contributed by atoms with Crippen molar-refractivity contribution in [1.29, 1.82) is 0 Å². The summed E-state index contributed by atoms with van der Waals surface area (Å²) in [4.78, 5) is 73.3. The molecule has 454 valence electrons. The van der Waals surface area contributed by atoms with Crippen LogP contribution in [0.3, 0.4) is 0 Å². The number of ketones is 1. The Morgan fingerprint density at radius 2 is 1.51 bits per heavy atom. The van der Waals surface area contributed by atoms with Gasteiger partial charge in [-0.2, -0.15) is 17.2 Å². The lowest BCUT2D eigenvalue weighted by molar-refractivity contribution is -0.668. The minimum Gasteiger partial charge on any atom is -0.420 e. The molecule has 0 radical (unpaired) electrons. The molecule has 1 saturated heterocycles. The molecule has 2 aromatic heterocycles. The van der Waals surface area contributed by atoms with Crippen molar-refractivity contribution in [3.05, 3.63) is 101 Å². The van der Waals surface area contributed by atoms with Crippen LogP contribution in [0.15, 0.2) is 61.2 Å². The van der Waals surface area contributed by atoms with Gasteiger partial charge in [0.15, 0.2) is 17.6 Å². The second kappa shape index (κ2) is 30.7. The molecule has 1 aliphatic heterocycles. The number of Topliss-reactive ketones (excluding diaryl/α,β-unsaturated/α-hetero) is 1. The third-order valence-corrected chi connectivity index (χ3v) is 13.2. The quantitative estimate of drug-likeness (QED) is 0.00448. The average molecular weight is 1210 g/mol. The fourth-order valence-corrected chi connectivity index (χ4v) is 8.80. The molecule has 3 heterocycles. The Morgan fingerprint density at radius 1 is 0.869 bits per heavy atom. The predicted octanol–water partition coefficient (Wildman–Crippen LogP) is 2.57. The minimum absolute atomic E-state index is 0.00637. The average Bonchev–Trinajstić information content (AvgIpc) is 2.10. The van der Waals surface area contributed by atoms with Gasteiger partial charge in [0.25, 0.3) is 5.65 Å². The van der Waals surface area contributed by atoms with E-state index in [1.54, 1.807) is 66.9 Å². The molecule has 3 aromatic carbocycles. The van der Waals surface area contributed by atoms with Crippen LogP contribution in [0.4, 0.5) is 43.9 Å². The monoisotopic (exact) mass is 1210 g/mol. The number of nitrogens with one attached hydrogen (secondary N) is 4. The summed E-state index contributed by atoms with van der Waals surface area (Å²) in [6.07, 6.45) is 2.08. The number of ether oxygens (including phenoxy) is 5. The fraction of sp³-hybridized carbons (Fsp3) is 0.434. The van der Waals surface area contributed by atoms with Crippen LogP contribution in [0.1, 0.15) is 63.3 Å². The van der Waals surface area contributed by atoms with Gasteiger partial charge in [0.05, 0.1) is 65.3 Å². The van der Waals surface area contributed by atoms with Crippen LogP contribution in [0.2, 0.25) is 0 Å². The van der Waals surface area contributed by atoms with Crippen molar-refractivity contribution in [1.82, 2.24) is 25.2 Å². The maximum atomic E-state index is 14.0. The Kier molecular flexibility index (Phi) is 23.9. The summed E-state index contributed by atoms with van der Waals surface area (Å²) >= 11 is 0. The molecular formula is C53H62F5N10O15S+. The van der Waals surface area contributed by atoms with E-state index in [2.05, 4.69) is 46.1 Å². The molecule has 1 fully saturated rings. The molecule has 0 spiro atoms. The van der Waals surface area contributed by atoms with Crippen molar-refractivity contribution in [2.75, 3.05) is 63.4 Å². The van der Waals surface area contributed by atoms with Gasteiger partial charge in [-0.05, 0) is 54.7 Å². The normalized spacial score (nSPS) is 16.7. The topological polar surface area (TPSA) is 350 Å². The van der Waals surface area contributed by atoms with Crippen LogP contribution >= 0.6 is 0 Å². The molecule has 84 heavy (non-hydrogen) atoms. The smallest absolute Gasteiger partial charge is 0.333 e. The number of hydrogen-bond acceptors (Lipinski definition) is 18. The van der Waals surface area contributed by atoms with E-state index in [9.17, 15) is 64.6 Å². The molecule has 0 unspecified atom stereocenters. The first-order valence-corrected chi connectivity index (χ1v) is 27.4. The Hall–Kier alpha value is -7.80. The van der Waals surface area contributed by atoms with Crippen LogP contribution in [0.5, 0.6) is 5.75 Å². The van der Waals surface area contributed by atoms with E-state index in [-0.39, 0.29) is 84.2 Å². The minimum atomic E-state index is -4.42. The number of primary amides is 1. The molecule has 10 N–H and O–H groups in total. The van der Waals surface area contributed by atoms with E-state index in [1.807, 2.05) is 0 Å². The number of nitrogens with zero attached hydrogens (tertiary/aromatic N) is 4. The van der Waals surface area contributed by atoms with Crippen LogP contribution in [0.25, 0.3) is 11.2 Å². The number of esters is 1. The number of anilines is 3. The summed E-state index contributed by atoms with van der Waals surface area (Å²) in [6.45, 7) is 2.65. The predicted molar refractivity (Wildman–Crippen MR) is 285 cm³/mol. The molecule has 1 aliphatic rings. The van der Waals surface area contributed by atoms with Crippen molar-refractivity contribution < 1.29 is 97.0 Å². The number of imidazole rings is 1. The number of benzene rings is 3. The molecule has 6 atom stereocenters. The highest BCUT2D eigenvalue weighted by atomic mass is 32.2. The van der Waals surface area contributed by atoms with Crippen LogP contribution in [-0.2, 0) is 59.2 Å². The Morgan fingerprint density at radius 3 is 2.14 bits per heavy atom. The SMILES string of the molecule is C#Cc1cccc(Nc2nc[n+](Cc3ccc(NC(=O)[C@H](CCCNC(N)=O)CC(=O)[C@@H](NC(=O)CCOCCOCCOCCC(=O)Oc4c(F)c(F)c(F)c(F)c4F)C(C)C)cc3)c3c2ncn3[C@@H]2O[C@H](COS(N)(=O)=O)[C@@H](O)[C@H]2O)c1. The summed E-state index contributed by atoms with van der Waals surface area (Å²) in [5.41, 5.74) is 8.09. The van der Waals surface area contributed by atoms with Gasteiger partial charge in [0.1, 0.15) is 18.3 Å². The number of halogens is 5. The second-order valence-electron chi connectivity index (χ2n) is 19.2. The van der Waals surface area contributed by atoms with Crippen LogP contribution < -0.4 is 41.4 Å². The lowest BCUT2D eigenvalue weighted by atomic mass is 9.89. The third kappa shape index (κ3) is 18.3. The molecule has 0 aliphatic carbocycles. The summed E-state index contributed by atoms with van der Waals surface area (Å²) in [6, 6.07) is 11.9. The molecule has 25 nitrogen and oxygen atoms in total. The molecule has 4 amide bonds. The van der Waals surface area contributed by atoms with Crippen molar-refractivity contribution in [2.24, 2.45) is 22.7 Å². The van der Waals surface area contributed by atoms with E-state index in [4.69, 9.17) is 36.2 Å². The highest BCUT2D eigenvalue weighted by Crippen LogP contribution is 2.34. The van der Waals surface area contributed by atoms with Gasteiger partial charge in [0.2, 0.25) is 65.0 Å². The zero-order valence-electron chi connectivity index (χ0n) is 45.2. The number of hydrogen-bond donors (Lipinski definition) is 8. The van der Waals surface area contributed by atoms with E-state index < -0.39 is 130 Å². The summed E-state index contributed by atoms with van der Waals surface area (Å²) in [5.74, 6) is -14.5. The maximum absolute atomic E-state index is 14.0. The molecule has 0 saturated carbocycles. The molecule has 31 heteroatoms. The lowest BCUT2D eigenvalue weighted by Gasteiger charge is -2.24. The van der Waals surface area contributed by atoms with Gasteiger partial charge in [-0.1, -0.05) is 43.0 Å². The number of rotatable bonds is 32. The standard InChI is InChI=1S/C53H61F5N10O15S/c1-4-30-7-5-9-34(23-30)64-49-45-51(68(28-62-45)52-47(73)46(72)36(82-52)26-81-84(60,76)77)67(27-63-49)25-31-10-12-33(13-11-31)65-50(74)32(8-6-16-61-53(59)75)24-35(69)44(29(2)3)66-37(70)14-17-78-19-21-80-22-20-79-18-15-38(71)83-48-42(57)40(55)39(54)41(56)43(48)58/h1,5,7,9-13,23,27-29,32,36,44,46-47,52,72-73H,6,8,14-22,24-26H2,2-3H3,(H7,59,60,61,65,66,70,74,75,76,77)/p+1/t32-,36-,44+,46-,47-,52-/m1/s1. The van der Waals surface area contributed by atoms with Crippen molar-refractivity contribution >= 4 is 68.3 Å². The summed E-state index contributed by atoms with van der Waals surface area (Å²) in [7, 11) is -4.42. The number of aromatic nitrogens is 4. The van der Waals surface area contributed by atoms with Crippen LogP contribution in [0, 0.1) is 53.3 Å². The highest BCUT2D eigenvalue weighted by molar-refractivity contribution is 7.84. The van der Waals surface area contributed by atoms with Crippen LogP contribution in [-0.4, -0.2) is 140 Å². The number of urea groups is 1. The fourth-order valence-electron chi connectivity index (χ4n) is 8.48. The Bertz CT molecular complexity index is 3270. The maximum Gasteiger partial charge on any atom is 0.333 e. The number of aliphatic hydroxyl groups is 2. The van der Waals surface area contributed by atoms with Gasteiger partial charge < -0.3 is 60.9 Å². The second-order valence-corrected chi connectivity index (χ2v) is 20.4. The third-order valence-electron chi connectivity index (χ3n) is 12.7. The first-order valence-electron chi connectivity index (χ1n) is 25.9. The highest BCUT2D eigenvalue weighted by Gasteiger charge is 2.47. The number of terminal acetylenes is 1. The first kappa shape index (κ1) is 65.4. The number of fused-ring (bicyclic) bond motifs is 1. The van der Waals surface area contributed by atoms with Gasteiger partial charge in [0, 0.05) is 42.2 Å². The number of nitrogens with two attached hydrogens (primary N) is 2. The van der Waals surface area contributed by atoms with Gasteiger partial charge in [-0.25, -0.2) is 37.2 Å². The summed E-state index contributed by atoms with van der Waals surface area (Å²) in [5, 5.41) is 38.2. The lowest BCUT2D eigenvalue weighted by Crippen LogP contribution is -2.45. The molecule has 0 bridgehead atoms. The zero-order chi connectivity index (χ0) is 61.3. The number of amides is 4. The first-order chi connectivity index (χ1) is 40.0. The van der Waals surface area contributed by atoms with E-state index in [0.717, 1.165) is 0 Å². The van der Waals surface area contributed by atoms with E-state index in [0.29, 0.717) is 33.7 Å². The number of carbonyl (C=O) groups excluding carboxylic acids is 5. The van der Waals surface area contributed by atoms with E-state index in [1.165, 1.54) is 17.2 Å².